The minimum atomic E-state index is 0.0751. The Labute approximate surface area is 119 Å². The molecule has 2 aromatic carbocycles. The standard InChI is InChI=1S/C17H17ClO/c1-11-6-4-7-12(2)15(11)10-16(19)14-9-5-8-13(3)17(14)18/h4-9H,10H2,1-3H3. The monoisotopic (exact) mass is 272 g/mol. The van der Waals surface area contributed by atoms with Crippen molar-refractivity contribution in [3.05, 3.63) is 69.2 Å². The SMILES string of the molecule is Cc1cccc(C(=O)Cc2c(C)cccc2C)c1Cl. The van der Waals surface area contributed by atoms with Gasteiger partial charge in [-0.3, -0.25) is 4.79 Å². The van der Waals surface area contributed by atoms with Gasteiger partial charge in [0.15, 0.2) is 5.78 Å². The molecule has 0 bridgehead atoms. The van der Waals surface area contributed by atoms with Crippen molar-refractivity contribution in [2.45, 2.75) is 27.2 Å². The van der Waals surface area contributed by atoms with Gasteiger partial charge in [0.05, 0.1) is 5.02 Å². The second-order valence-corrected chi connectivity index (χ2v) is 5.28. The summed E-state index contributed by atoms with van der Waals surface area (Å²) in [5.74, 6) is 0.0751. The molecular weight excluding hydrogens is 256 g/mol. The van der Waals surface area contributed by atoms with E-state index in [0.717, 1.165) is 22.3 Å². The first-order valence-corrected chi connectivity index (χ1v) is 6.72. The zero-order valence-electron chi connectivity index (χ0n) is 11.5. The molecular formula is C17H17ClO. The molecule has 2 rings (SSSR count). The summed E-state index contributed by atoms with van der Waals surface area (Å²) in [6.45, 7) is 5.99. The summed E-state index contributed by atoms with van der Waals surface area (Å²) in [5.41, 5.74) is 4.96. The summed E-state index contributed by atoms with van der Waals surface area (Å²) in [6.07, 6.45) is 0.404. The van der Waals surface area contributed by atoms with Crippen LogP contribution in [0.2, 0.25) is 5.02 Å². The maximum absolute atomic E-state index is 12.4. The highest BCUT2D eigenvalue weighted by molar-refractivity contribution is 6.34. The van der Waals surface area contributed by atoms with E-state index in [1.165, 1.54) is 0 Å². The van der Waals surface area contributed by atoms with E-state index in [1.54, 1.807) is 6.07 Å². The Morgan fingerprint density at radius 1 is 0.947 bits per heavy atom. The molecule has 0 radical (unpaired) electrons. The highest BCUT2D eigenvalue weighted by atomic mass is 35.5. The molecule has 2 aromatic rings. The fourth-order valence-corrected chi connectivity index (χ4v) is 2.48. The van der Waals surface area contributed by atoms with Gasteiger partial charge in [0.25, 0.3) is 0 Å². The van der Waals surface area contributed by atoms with Crippen molar-refractivity contribution < 1.29 is 4.79 Å². The Morgan fingerprint density at radius 2 is 1.47 bits per heavy atom. The molecule has 0 N–H and O–H groups in total. The van der Waals surface area contributed by atoms with Crippen LogP contribution in [-0.4, -0.2) is 5.78 Å². The number of hydrogen-bond donors (Lipinski definition) is 0. The minimum absolute atomic E-state index is 0.0751. The van der Waals surface area contributed by atoms with Crippen LogP contribution in [0.3, 0.4) is 0 Å². The van der Waals surface area contributed by atoms with Gasteiger partial charge in [0.1, 0.15) is 0 Å². The van der Waals surface area contributed by atoms with Gasteiger partial charge in [-0.05, 0) is 49.1 Å². The molecule has 0 amide bonds. The van der Waals surface area contributed by atoms with Crippen molar-refractivity contribution in [1.29, 1.82) is 0 Å². The lowest BCUT2D eigenvalue weighted by Gasteiger charge is -2.10. The summed E-state index contributed by atoms with van der Waals surface area (Å²) >= 11 is 6.21. The van der Waals surface area contributed by atoms with Crippen molar-refractivity contribution in [3.63, 3.8) is 0 Å². The van der Waals surface area contributed by atoms with Crippen LogP contribution in [0.25, 0.3) is 0 Å². The molecule has 0 aliphatic heterocycles. The van der Waals surface area contributed by atoms with E-state index in [0.29, 0.717) is 17.0 Å². The molecule has 0 fully saturated rings. The number of rotatable bonds is 3. The van der Waals surface area contributed by atoms with Crippen LogP contribution in [0.5, 0.6) is 0 Å². The lowest BCUT2D eigenvalue weighted by molar-refractivity contribution is 0.0992. The molecule has 0 heterocycles. The predicted molar refractivity (Wildman–Crippen MR) is 80.1 cm³/mol. The molecule has 0 saturated heterocycles. The zero-order valence-corrected chi connectivity index (χ0v) is 12.2. The largest absolute Gasteiger partial charge is 0.294 e. The average molecular weight is 273 g/mol. The quantitative estimate of drug-likeness (QED) is 0.741. The van der Waals surface area contributed by atoms with Crippen molar-refractivity contribution in [2.75, 3.05) is 0 Å². The summed E-state index contributed by atoms with van der Waals surface area (Å²) < 4.78 is 0. The molecule has 0 unspecified atom stereocenters. The van der Waals surface area contributed by atoms with Crippen molar-refractivity contribution >= 4 is 17.4 Å². The molecule has 0 saturated carbocycles. The normalized spacial score (nSPS) is 10.5. The van der Waals surface area contributed by atoms with Gasteiger partial charge in [-0.25, -0.2) is 0 Å². The Hall–Kier alpha value is -1.60. The second kappa shape index (κ2) is 5.58. The maximum atomic E-state index is 12.4. The number of hydrogen-bond acceptors (Lipinski definition) is 1. The van der Waals surface area contributed by atoms with Gasteiger partial charge in [-0.1, -0.05) is 41.9 Å². The van der Waals surface area contributed by atoms with E-state index in [9.17, 15) is 4.79 Å². The van der Waals surface area contributed by atoms with E-state index < -0.39 is 0 Å². The Morgan fingerprint density at radius 3 is 2.11 bits per heavy atom. The van der Waals surface area contributed by atoms with Gasteiger partial charge in [-0.2, -0.15) is 0 Å². The van der Waals surface area contributed by atoms with Crippen LogP contribution in [0, 0.1) is 20.8 Å². The van der Waals surface area contributed by atoms with Gasteiger partial charge < -0.3 is 0 Å². The molecule has 0 aliphatic carbocycles. The Bertz CT molecular complexity index is 609. The van der Waals surface area contributed by atoms with E-state index >= 15 is 0 Å². The lowest BCUT2D eigenvalue weighted by Crippen LogP contribution is -2.07. The molecule has 98 valence electrons. The Balaban J connectivity index is 2.34. The zero-order chi connectivity index (χ0) is 14.0. The van der Waals surface area contributed by atoms with Crippen LogP contribution in [0.1, 0.15) is 32.6 Å². The van der Waals surface area contributed by atoms with Gasteiger partial charge >= 0.3 is 0 Å². The minimum Gasteiger partial charge on any atom is -0.294 e. The lowest BCUT2D eigenvalue weighted by atomic mass is 9.95. The highest BCUT2D eigenvalue weighted by Gasteiger charge is 2.14. The molecule has 1 nitrogen and oxygen atoms in total. The van der Waals surface area contributed by atoms with Crippen LogP contribution in [0.15, 0.2) is 36.4 Å². The molecule has 0 aromatic heterocycles. The predicted octanol–water partition coefficient (Wildman–Crippen LogP) is 4.69. The second-order valence-electron chi connectivity index (χ2n) is 4.91. The molecule has 0 aliphatic rings. The van der Waals surface area contributed by atoms with Crippen LogP contribution >= 0.6 is 11.6 Å². The van der Waals surface area contributed by atoms with Crippen LogP contribution in [-0.2, 0) is 6.42 Å². The number of ketones is 1. The summed E-state index contributed by atoms with van der Waals surface area (Å²) in [7, 11) is 0. The smallest absolute Gasteiger partial charge is 0.168 e. The summed E-state index contributed by atoms with van der Waals surface area (Å²) in [4.78, 5) is 12.4. The first-order chi connectivity index (χ1) is 9.00. The average Bonchev–Trinajstić information content (AvgIpc) is 2.37. The van der Waals surface area contributed by atoms with E-state index in [-0.39, 0.29) is 5.78 Å². The number of halogens is 1. The Kier molecular flexibility index (Phi) is 4.06. The van der Waals surface area contributed by atoms with Crippen molar-refractivity contribution in [2.24, 2.45) is 0 Å². The van der Waals surface area contributed by atoms with E-state index in [1.807, 2.05) is 51.1 Å². The molecule has 0 atom stereocenters. The van der Waals surface area contributed by atoms with E-state index in [2.05, 4.69) is 0 Å². The van der Waals surface area contributed by atoms with Gasteiger partial charge in [-0.15, -0.1) is 0 Å². The van der Waals surface area contributed by atoms with Crippen LogP contribution in [0.4, 0.5) is 0 Å². The fourth-order valence-electron chi connectivity index (χ4n) is 2.25. The maximum Gasteiger partial charge on any atom is 0.168 e. The number of carbonyl (C=O) groups excluding carboxylic acids is 1. The number of Topliss-reactive ketones (excluding diaryl/α,β-unsaturated/α-hetero) is 1. The summed E-state index contributed by atoms with van der Waals surface area (Å²) in [6, 6.07) is 11.7. The van der Waals surface area contributed by atoms with Crippen molar-refractivity contribution in [1.82, 2.24) is 0 Å². The number of carbonyl (C=O) groups is 1. The molecule has 0 spiro atoms. The molecule has 2 heteroatoms. The summed E-state index contributed by atoms with van der Waals surface area (Å²) in [5, 5.41) is 0.568. The third-order valence-electron chi connectivity index (χ3n) is 3.47. The van der Waals surface area contributed by atoms with Gasteiger partial charge in [0.2, 0.25) is 0 Å². The van der Waals surface area contributed by atoms with Gasteiger partial charge in [0, 0.05) is 12.0 Å². The topological polar surface area (TPSA) is 17.1 Å². The number of benzene rings is 2. The third kappa shape index (κ3) is 2.87. The molecule has 19 heavy (non-hydrogen) atoms. The first kappa shape index (κ1) is 13.8. The number of aryl methyl sites for hydroxylation is 3. The fraction of sp³-hybridized carbons (Fsp3) is 0.235. The van der Waals surface area contributed by atoms with Crippen LogP contribution < -0.4 is 0 Å². The van der Waals surface area contributed by atoms with Crippen molar-refractivity contribution in [3.8, 4) is 0 Å². The first-order valence-electron chi connectivity index (χ1n) is 6.34. The highest BCUT2D eigenvalue weighted by Crippen LogP contribution is 2.23. The third-order valence-corrected chi connectivity index (χ3v) is 3.98. The van der Waals surface area contributed by atoms with E-state index in [4.69, 9.17) is 11.6 Å².